The number of carbonyl (C=O) groups is 1. The third-order valence-electron chi connectivity index (χ3n) is 2.60. The fourth-order valence-electron chi connectivity index (χ4n) is 1.68. The van der Waals surface area contributed by atoms with Gasteiger partial charge in [-0.15, -0.1) is 0 Å². The Morgan fingerprint density at radius 3 is 2.75 bits per heavy atom. The van der Waals surface area contributed by atoms with E-state index in [0.29, 0.717) is 6.54 Å². The van der Waals surface area contributed by atoms with Gasteiger partial charge < -0.3 is 15.8 Å². The first-order valence-corrected chi connectivity index (χ1v) is 7.52. The van der Waals surface area contributed by atoms with Gasteiger partial charge >= 0.3 is 6.09 Å². The highest BCUT2D eigenvalue weighted by Gasteiger charge is 2.16. The summed E-state index contributed by atoms with van der Waals surface area (Å²) in [5, 5.41) is 2.69. The maximum Gasteiger partial charge on any atom is 0.407 e. The van der Waals surface area contributed by atoms with Gasteiger partial charge in [0.15, 0.2) is 0 Å². The molecule has 0 aromatic heterocycles. The summed E-state index contributed by atoms with van der Waals surface area (Å²) in [7, 11) is 0. The van der Waals surface area contributed by atoms with Crippen LogP contribution in [0, 0.1) is 0 Å². The molecule has 0 spiro atoms. The van der Waals surface area contributed by atoms with Gasteiger partial charge in [0, 0.05) is 17.1 Å². The highest BCUT2D eigenvalue weighted by Crippen LogP contribution is 2.13. The summed E-state index contributed by atoms with van der Waals surface area (Å²) in [6.45, 7) is 5.92. The molecule has 1 aromatic rings. The lowest BCUT2D eigenvalue weighted by molar-refractivity contribution is 0.0524. The predicted molar refractivity (Wildman–Crippen MR) is 84.7 cm³/mol. The van der Waals surface area contributed by atoms with E-state index in [4.69, 9.17) is 10.5 Å². The van der Waals surface area contributed by atoms with E-state index in [-0.39, 0.29) is 6.04 Å². The van der Waals surface area contributed by atoms with Gasteiger partial charge in [-0.1, -0.05) is 28.1 Å². The summed E-state index contributed by atoms with van der Waals surface area (Å²) in [5.41, 5.74) is 6.74. The number of hydrogen-bond donors (Lipinski definition) is 2. The number of halogens is 1. The summed E-state index contributed by atoms with van der Waals surface area (Å²) >= 11 is 3.44. The number of hydrogen-bond acceptors (Lipinski definition) is 3. The largest absolute Gasteiger partial charge is 0.444 e. The monoisotopic (exact) mass is 342 g/mol. The Hall–Kier alpha value is -1.07. The summed E-state index contributed by atoms with van der Waals surface area (Å²) in [6, 6.07) is 8.06. The predicted octanol–water partition coefficient (Wildman–Crippen LogP) is 3.23. The van der Waals surface area contributed by atoms with Crippen molar-refractivity contribution in [3.63, 3.8) is 0 Å². The van der Waals surface area contributed by atoms with Crippen LogP contribution in [0.15, 0.2) is 28.7 Å². The zero-order valence-electron chi connectivity index (χ0n) is 12.3. The minimum Gasteiger partial charge on any atom is -0.444 e. The SMILES string of the molecule is CC(C)(C)OC(=O)NCC(N)CCc1cccc(Br)c1. The lowest BCUT2D eigenvalue weighted by Gasteiger charge is -2.20. The summed E-state index contributed by atoms with van der Waals surface area (Å²) in [5.74, 6) is 0. The van der Waals surface area contributed by atoms with Gasteiger partial charge in [-0.05, 0) is 51.3 Å². The summed E-state index contributed by atoms with van der Waals surface area (Å²) in [4.78, 5) is 11.5. The molecule has 1 amide bonds. The summed E-state index contributed by atoms with van der Waals surface area (Å²) in [6.07, 6.45) is 1.28. The number of aryl methyl sites for hydroxylation is 1. The zero-order chi connectivity index (χ0) is 15.2. The van der Waals surface area contributed by atoms with Gasteiger partial charge in [-0.25, -0.2) is 4.79 Å². The van der Waals surface area contributed by atoms with E-state index in [1.54, 1.807) is 0 Å². The third-order valence-corrected chi connectivity index (χ3v) is 3.09. The maximum absolute atomic E-state index is 11.5. The number of rotatable bonds is 5. The second-order valence-electron chi connectivity index (χ2n) is 5.81. The van der Waals surface area contributed by atoms with Crippen LogP contribution in [-0.4, -0.2) is 24.3 Å². The fraction of sp³-hybridized carbons (Fsp3) is 0.533. The summed E-state index contributed by atoms with van der Waals surface area (Å²) < 4.78 is 6.22. The first-order valence-electron chi connectivity index (χ1n) is 6.73. The van der Waals surface area contributed by atoms with Crippen LogP contribution in [0.2, 0.25) is 0 Å². The number of benzene rings is 1. The van der Waals surface area contributed by atoms with E-state index in [1.165, 1.54) is 5.56 Å². The standard InChI is InChI=1S/C15H23BrN2O2/c1-15(2,3)20-14(19)18-10-13(17)8-7-11-5-4-6-12(16)9-11/h4-6,9,13H,7-8,10,17H2,1-3H3,(H,18,19). The van der Waals surface area contributed by atoms with Gasteiger partial charge in [0.2, 0.25) is 0 Å². The topological polar surface area (TPSA) is 64.3 Å². The molecule has 0 bridgehead atoms. The molecule has 1 aromatic carbocycles. The molecule has 20 heavy (non-hydrogen) atoms. The van der Waals surface area contributed by atoms with E-state index in [1.807, 2.05) is 32.9 Å². The van der Waals surface area contributed by atoms with Crippen LogP contribution in [-0.2, 0) is 11.2 Å². The van der Waals surface area contributed by atoms with Gasteiger partial charge in [-0.2, -0.15) is 0 Å². The van der Waals surface area contributed by atoms with Crippen LogP contribution in [0.3, 0.4) is 0 Å². The minimum absolute atomic E-state index is 0.0819. The molecule has 0 fully saturated rings. The average molecular weight is 343 g/mol. The van der Waals surface area contributed by atoms with E-state index >= 15 is 0 Å². The second kappa shape index (κ2) is 7.64. The van der Waals surface area contributed by atoms with Crippen LogP contribution in [0.1, 0.15) is 32.8 Å². The molecule has 0 aliphatic rings. The molecule has 3 N–H and O–H groups in total. The number of nitrogens with one attached hydrogen (secondary N) is 1. The molecule has 0 saturated carbocycles. The van der Waals surface area contributed by atoms with Gasteiger partial charge in [0.25, 0.3) is 0 Å². The molecule has 5 heteroatoms. The lowest BCUT2D eigenvalue weighted by Crippen LogP contribution is -2.40. The smallest absolute Gasteiger partial charge is 0.407 e. The minimum atomic E-state index is -0.482. The van der Waals surface area contributed by atoms with E-state index < -0.39 is 11.7 Å². The van der Waals surface area contributed by atoms with Crippen LogP contribution in [0.4, 0.5) is 4.79 Å². The fourth-order valence-corrected chi connectivity index (χ4v) is 2.12. The molecule has 0 saturated heterocycles. The van der Waals surface area contributed by atoms with Crippen molar-refractivity contribution in [3.05, 3.63) is 34.3 Å². The van der Waals surface area contributed by atoms with Gasteiger partial charge in [0.1, 0.15) is 5.60 Å². The Morgan fingerprint density at radius 2 is 2.15 bits per heavy atom. The van der Waals surface area contributed by atoms with Gasteiger partial charge in [-0.3, -0.25) is 0 Å². The molecule has 4 nitrogen and oxygen atoms in total. The Balaban J connectivity index is 2.27. The number of carbonyl (C=O) groups excluding carboxylic acids is 1. The molecular formula is C15H23BrN2O2. The van der Waals surface area contributed by atoms with Crippen molar-refractivity contribution in [2.45, 2.75) is 45.3 Å². The Kier molecular flexibility index (Phi) is 6.49. The average Bonchev–Trinajstić information content (AvgIpc) is 2.32. The Labute approximate surface area is 129 Å². The second-order valence-corrected chi connectivity index (χ2v) is 6.73. The van der Waals surface area contributed by atoms with Crippen LogP contribution >= 0.6 is 15.9 Å². The number of alkyl carbamates (subject to hydrolysis) is 1. The van der Waals surface area contributed by atoms with E-state index in [9.17, 15) is 4.79 Å². The Morgan fingerprint density at radius 1 is 1.45 bits per heavy atom. The van der Waals surface area contributed by atoms with Crippen molar-refractivity contribution >= 4 is 22.0 Å². The zero-order valence-corrected chi connectivity index (χ0v) is 13.9. The highest BCUT2D eigenvalue weighted by atomic mass is 79.9. The third kappa shape index (κ3) is 7.50. The molecule has 1 unspecified atom stereocenters. The van der Waals surface area contributed by atoms with Crippen molar-refractivity contribution in [3.8, 4) is 0 Å². The first-order chi connectivity index (χ1) is 9.26. The molecule has 112 valence electrons. The maximum atomic E-state index is 11.5. The molecule has 1 rings (SSSR count). The molecule has 0 aliphatic heterocycles. The molecule has 1 atom stereocenters. The molecule has 0 heterocycles. The van der Waals surface area contributed by atoms with E-state index in [0.717, 1.165) is 17.3 Å². The normalized spacial score (nSPS) is 12.8. The lowest BCUT2D eigenvalue weighted by atomic mass is 10.1. The van der Waals surface area contributed by atoms with Crippen LogP contribution in [0.25, 0.3) is 0 Å². The molecular weight excluding hydrogens is 320 g/mol. The first kappa shape index (κ1) is 17.0. The van der Waals surface area contributed by atoms with Gasteiger partial charge in [0.05, 0.1) is 0 Å². The van der Waals surface area contributed by atoms with E-state index in [2.05, 4.69) is 33.4 Å². The van der Waals surface area contributed by atoms with Crippen LogP contribution < -0.4 is 11.1 Å². The van der Waals surface area contributed by atoms with Crippen molar-refractivity contribution in [1.82, 2.24) is 5.32 Å². The van der Waals surface area contributed by atoms with Crippen molar-refractivity contribution in [2.75, 3.05) is 6.54 Å². The number of nitrogens with two attached hydrogens (primary N) is 1. The molecule has 0 radical (unpaired) electrons. The highest BCUT2D eigenvalue weighted by molar-refractivity contribution is 9.10. The number of ether oxygens (including phenoxy) is 1. The van der Waals surface area contributed by atoms with Crippen LogP contribution in [0.5, 0.6) is 0 Å². The van der Waals surface area contributed by atoms with Crippen molar-refractivity contribution in [2.24, 2.45) is 5.73 Å². The quantitative estimate of drug-likeness (QED) is 0.863. The van der Waals surface area contributed by atoms with Crippen molar-refractivity contribution in [1.29, 1.82) is 0 Å². The number of amides is 1. The molecule has 0 aliphatic carbocycles. The Bertz CT molecular complexity index is 444. The van der Waals surface area contributed by atoms with Crippen molar-refractivity contribution < 1.29 is 9.53 Å².